The number of nitrogens with zero attached hydrogens (tertiary/aromatic N) is 2. The summed E-state index contributed by atoms with van der Waals surface area (Å²) in [6.45, 7) is 10.5. The van der Waals surface area contributed by atoms with Gasteiger partial charge in [0, 0.05) is 17.6 Å². The molecule has 102 valence electrons. The Morgan fingerprint density at radius 3 is 2.79 bits per heavy atom. The van der Waals surface area contributed by atoms with Gasteiger partial charge in [0.2, 0.25) is 0 Å². The van der Waals surface area contributed by atoms with Crippen LogP contribution in [0.1, 0.15) is 30.0 Å². The smallest absolute Gasteiger partial charge is 0.142 e. The summed E-state index contributed by atoms with van der Waals surface area (Å²) in [5.41, 5.74) is 3.31. The molecule has 2 aromatic heterocycles. The van der Waals surface area contributed by atoms with Gasteiger partial charge in [0.25, 0.3) is 0 Å². The maximum absolute atomic E-state index is 4.64. The number of hydrogen-bond donors (Lipinski definition) is 1. The van der Waals surface area contributed by atoms with E-state index in [-0.39, 0.29) is 0 Å². The third kappa shape index (κ3) is 3.85. The Labute approximate surface area is 119 Å². The summed E-state index contributed by atoms with van der Waals surface area (Å²) < 4.78 is 0. The van der Waals surface area contributed by atoms with Crippen LogP contribution < -0.4 is 5.32 Å². The molecular formula is C15H21N3S. The SMILES string of the molecule is Cc1ccnc(-c2nc(C)c(CNCC(C)C)s2)c1. The molecule has 4 heteroatoms. The molecule has 0 aliphatic heterocycles. The Morgan fingerprint density at radius 2 is 2.11 bits per heavy atom. The third-order valence-electron chi connectivity index (χ3n) is 2.87. The molecule has 0 unspecified atom stereocenters. The molecule has 0 aromatic carbocycles. The second kappa shape index (κ2) is 6.26. The maximum atomic E-state index is 4.64. The van der Waals surface area contributed by atoms with Gasteiger partial charge in [-0.15, -0.1) is 11.3 Å². The zero-order chi connectivity index (χ0) is 13.8. The van der Waals surface area contributed by atoms with Crippen molar-refractivity contribution in [2.75, 3.05) is 6.54 Å². The Bertz CT molecular complexity index is 546. The second-order valence-electron chi connectivity index (χ2n) is 5.27. The van der Waals surface area contributed by atoms with Crippen molar-refractivity contribution in [1.82, 2.24) is 15.3 Å². The first-order valence-electron chi connectivity index (χ1n) is 6.66. The minimum Gasteiger partial charge on any atom is -0.312 e. The molecule has 2 rings (SSSR count). The highest BCUT2D eigenvalue weighted by molar-refractivity contribution is 7.15. The van der Waals surface area contributed by atoms with Gasteiger partial charge >= 0.3 is 0 Å². The summed E-state index contributed by atoms with van der Waals surface area (Å²) in [7, 11) is 0. The molecule has 0 spiro atoms. The van der Waals surface area contributed by atoms with Crippen LogP contribution in [0.5, 0.6) is 0 Å². The van der Waals surface area contributed by atoms with Crippen molar-refractivity contribution >= 4 is 11.3 Å². The number of aromatic nitrogens is 2. The average molecular weight is 275 g/mol. The molecule has 0 aliphatic carbocycles. The first-order valence-corrected chi connectivity index (χ1v) is 7.48. The van der Waals surface area contributed by atoms with E-state index in [2.05, 4.69) is 49.0 Å². The van der Waals surface area contributed by atoms with Crippen LogP contribution in [0.3, 0.4) is 0 Å². The lowest BCUT2D eigenvalue weighted by Gasteiger charge is -2.05. The molecule has 0 aliphatic rings. The van der Waals surface area contributed by atoms with Crippen molar-refractivity contribution in [2.45, 2.75) is 34.2 Å². The molecule has 2 heterocycles. The van der Waals surface area contributed by atoms with Crippen LogP contribution in [0.25, 0.3) is 10.7 Å². The minimum atomic E-state index is 0.672. The highest BCUT2D eigenvalue weighted by Crippen LogP contribution is 2.26. The Kier molecular flexibility index (Phi) is 4.66. The van der Waals surface area contributed by atoms with Crippen molar-refractivity contribution < 1.29 is 0 Å². The molecule has 1 N–H and O–H groups in total. The van der Waals surface area contributed by atoms with Crippen LogP contribution in [0.2, 0.25) is 0 Å². The summed E-state index contributed by atoms with van der Waals surface area (Å²) in [4.78, 5) is 10.3. The number of aryl methyl sites for hydroxylation is 2. The fourth-order valence-electron chi connectivity index (χ4n) is 1.83. The van der Waals surface area contributed by atoms with Crippen LogP contribution in [0.15, 0.2) is 18.3 Å². The molecule has 0 bridgehead atoms. The van der Waals surface area contributed by atoms with Gasteiger partial charge < -0.3 is 5.32 Å². The highest BCUT2D eigenvalue weighted by Gasteiger charge is 2.10. The summed E-state index contributed by atoms with van der Waals surface area (Å²) in [5.74, 6) is 0.672. The fourth-order valence-corrected chi connectivity index (χ4v) is 2.83. The van der Waals surface area contributed by atoms with Crippen molar-refractivity contribution in [3.8, 4) is 10.7 Å². The Hall–Kier alpha value is -1.26. The molecule has 2 aromatic rings. The van der Waals surface area contributed by atoms with Crippen molar-refractivity contribution in [3.05, 3.63) is 34.5 Å². The van der Waals surface area contributed by atoms with Gasteiger partial charge in [-0.25, -0.2) is 4.98 Å². The molecule has 0 amide bonds. The first-order chi connectivity index (χ1) is 9.06. The molecule has 0 fully saturated rings. The Morgan fingerprint density at radius 1 is 1.32 bits per heavy atom. The summed E-state index contributed by atoms with van der Waals surface area (Å²) in [6, 6.07) is 4.10. The lowest BCUT2D eigenvalue weighted by atomic mass is 10.2. The topological polar surface area (TPSA) is 37.8 Å². The van der Waals surface area contributed by atoms with Gasteiger partial charge in [-0.3, -0.25) is 4.98 Å². The normalized spacial score (nSPS) is 11.2. The van der Waals surface area contributed by atoms with E-state index in [9.17, 15) is 0 Å². The molecule has 0 radical (unpaired) electrons. The molecule has 19 heavy (non-hydrogen) atoms. The lowest BCUT2D eigenvalue weighted by Crippen LogP contribution is -2.18. The van der Waals surface area contributed by atoms with Crippen molar-refractivity contribution in [2.24, 2.45) is 5.92 Å². The van der Waals surface area contributed by atoms with Crippen molar-refractivity contribution in [3.63, 3.8) is 0 Å². The number of pyridine rings is 1. The van der Waals surface area contributed by atoms with Crippen LogP contribution in [-0.4, -0.2) is 16.5 Å². The van der Waals surface area contributed by atoms with Gasteiger partial charge in [0.05, 0.1) is 11.4 Å². The van der Waals surface area contributed by atoms with Crippen LogP contribution >= 0.6 is 11.3 Å². The molecule has 0 saturated heterocycles. The maximum Gasteiger partial charge on any atom is 0.142 e. The predicted octanol–water partition coefficient (Wildman–Crippen LogP) is 3.57. The van der Waals surface area contributed by atoms with Gasteiger partial charge in [-0.05, 0) is 44.0 Å². The number of rotatable bonds is 5. The minimum absolute atomic E-state index is 0.672. The van der Waals surface area contributed by atoms with E-state index in [1.165, 1.54) is 10.4 Å². The van der Waals surface area contributed by atoms with Gasteiger partial charge in [0.15, 0.2) is 0 Å². The van der Waals surface area contributed by atoms with Crippen LogP contribution in [0.4, 0.5) is 0 Å². The van der Waals surface area contributed by atoms with Gasteiger partial charge in [-0.2, -0.15) is 0 Å². The highest BCUT2D eigenvalue weighted by atomic mass is 32.1. The fraction of sp³-hybridized carbons (Fsp3) is 0.467. The largest absolute Gasteiger partial charge is 0.312 e. The van der Waals surface area contributed by atoms with Gasteiger partial charge in [-0.1, -0.05) is 13.8 Å². The number of nitrogens with one attached hydrogen (secondary N) is 1. The molecular weight excluding hydrogens is 254 g/mol. The molecule has 3 nitrogen and oxygen atoms in total. The lowest BCUT2D eigenvalue weighted by molar-refractivity contribution is 0.554. The van der Waals surface area contributed by atoms with E-state index in [0.29, 0.717) is 5.92 Å². The third-order valence-corrected chi connectivity index (χ3v) is 4.05. The zero-order valence-corrected chi connectivity index (χ0v) is 12.8. The van der Waals surface area contributed by atoms with Gasteiger partial charge in [0.1, 0.15) is 5.01 Å². The van der Waals surface area contributed by atoms with E-state index >= 15 is 0 Å². The zero-order valence-electron chi connectivity index (χ0n) is 12.0. The van der Waals surface area contributed by atoms with Crippen molar-refractivity contribution in [1.29, 1.82) is 0 Å². The summed E-state index contributed by atoms with van der Waals surface area (Å²) in [6.07, 6.45) is 1.85. The number of thiazole rings is 1. The van der Waals surface area contributed by atoms with E-state index in [0.717, 1.165) is 29.5 Å². The van der Waals surface area contributed by atoms with E-state index in [1.807, 2.05) is 12.3 Å². The van der Waals surface area contributed by atoms with Crippen LogP contribution in [0, 0.1) is 19.8 Å². The second-order valence-corrected chi connectivity index (χ2v) is 6.35. The number of hydrogen-bond acceptors (Lipinski definition) is 4. The van der Waals surface area contributed by atoms with E-state index in [1.54, 1.807) is 11.3 Å². The van der Waals surface area contributed by atoms with Crippen LogP contribution in [-0.2, 0) is 6.54 Å². The molecule has 0 atom stereocenters. The van der Waals surface area contributed by atoms with E-state index < -0.39 is 0 Å². The summed E-state index contributed by atoms with van der Waals surface area (Å²) in [5, 5.41) is 4.48. The molecule has 0 saturated carbocycles. The monoisotopic (exact) mass is 275 g/mol. The predicted molar refractivity (Wildman–Crippen MR) is 81.4 cm³/mol. The average Bonchev–Trinajstić information content (AvgIpc) is 2.71. The first kappa shape index (κ1) is 14.2. The van der Waals surface area contributed by atoms with E-state index in [4.69, 9.17) is 0 Å². The summed E-state index contributed by atoms with van der Waals surface area (Å²) >= 11 is 1.74. The Balaban J connectivity index is 2.12. The quantitative estimate of drug-likeness (QED) is 0.906. The standard InChI is InChI=1S/C15H21N3S/c1-10(2)8-16-9-14-12(4)18-15(19-14)13-7-11(3)5-6-17-13/h5-7,10,16H,8-9H2,1-4H3.